The monoisotopic (exact) mass is 269 g/mol. The zero-order valence-corrected chi connectivity index (χ0v) is 12.1. The van der Waals surface area contributed by atoms with Crippen LogP contribution in [0, 0.1) is 0 Å². The van der Waals surface area contributed by atoms with Gasteiger partial charge in [-0.2, -0.15) is 0 Å². The second-order valence-electron chi connectivity index (χ2n) is 4.84. The Bertz CT molecular complexity index is 469. The zero-order valence-electron chi connectivity index (χ0n) is 12.1. The van der Waals surface area contributed by atoms with Crippen molar-refractivity contribution in [2.75, 3.05) is 13.2 Å². The molecule has 0 heterocycles. The minimum atomic E-state index is 0.438. The Hall–Kier alpha value is -1.80. The van der Waals surface area contributed by atoms with Crippen molar-refractivity contribution in [2.45, 2.75) is 25.8 Å². The molecule has 1 unspecified atom stereocenters. The Morgan fingerprint density at radius 1 is 0.950 bits per heavy atom. The molecular formula is C18H23NO. The summed E-state index contributed by atoms with van der Waals surface area (Å²) in [6.07, 6.45) is 2.11. The maximum Gasteiger partial charge on any atom is 0.119 e. The summed E-state index contributed by atoms with van der Waals surface area (Å²) in [6, 6.07) is 21.0. The van der Waals surface area contributed by atoms with E-state index in [1.807, 2.05) is 30.3 Å². The van der Waals surface area contributed by atoms with E-state index in [1.54, 1.807) is 0 Å². The predicted molar refractivity (Wildman–Crippen MR) is 84.0 cm³/mol. The topological polar surface area (TPSA) is 21.3 Å². The molecule has 0 saturated heterocycles. The SMILES string of the molecule is CCC(NCCCOc1ccccc1)c1ccccc1. The number of para-hydroxylation sites is 1. The molecule has 0 amide bonds. The summed E-state index contributed by atoms with van der Waals surface area (Å²) in [7, 11) is 0. The van der Waals surface area contributed by atoms with E-state index >= 15 is 0 Å². The summed E-state index contributed by atoms with van der Waals surface area (Å²) < 4.78 is 5.69. The van der Waals surface area contributed by atoms with Crippen LogP contribution in [0.2, 0.25) is 0 Å². The standard InChI is InChI=1S/C18H23NO/c1-2-18(16-10-5-3-6-11-16)19-14-9-15-20-17-12-7-4-8-13-17/h3-8,10-13,18-19H,2,9,14-15H2,1H3. The number of benzene rings is 2. The number of rotatable bonds is 8. The van der Waals surface area contributed by atoms with Crippen LogP contribution in [0.25, 0.3) is 0 Å². The second kappa shape index (κ2) is 8.39. The smallest absolute Gasteiger partial charge is 0.119 e. The van der Waals surface area contributed by atoms with E-state index in [1.165, 1.54) is 5.56 Å². The molecule has 2 rings (SSSR count). The van der Waals surface area contributed by atoms with Crippen LogP contribution < -0.4 is 10.1 Å². The molecule has 2 aromatic rings. The number of hydrogen-bond donors (Lipinski definition) is 1. The fraction of sp³-hybridized carbons (Fsp3) is 0.333. The van der Waals surface area contributed by atoms with Crippen molar-refractivity contribution in [1.29, 1.82) is 0 Å². The third-order valence-electron chi connectivity index (χ3n) is 3.33. The van der Waals surface area contributed by atoms with Gasteiger partial charge in [-0.25, -0.2) is 0 Å². The van der Waals surface area contributed by atoms with Gasteiger partial charge in [-0.15, -0.1) is 0 Å². The summed E-state index contributed by atoms with van der Waals surface area (Å²) in [5, 5.41) is 3.59. The van der Waals surface area contributed by atoms with E-state index in [9.17, 15) is 0 Å². The lowest BCUT2D eigenvalue weighted by Gasteiger charge is -2.17. The quantitative estimate of drug-likeness (QED) is 0.725. The molecule has 2 aromatic carbocycles. The van der Waals surface area contributed by atoms with Crippen LogP contribution in [0.3, 0.4) is 0 Å². The fourth-order valence-corrected chi connectivity index (χ4v) is 2.24. The van der Waals surface area contributed by atoms with Gasteiger partial charge in [0.2, 0.25) is 0 Å². The molecule has 0 aliphatic rings. The molecule has 0 bridgehead atoms. The van der Waals surface area contributed by atoms with Gasteiger partial charge in [0.05, 0.1) is 6.61 Å². The molecule has 0 radical (unpaired) electrons. The summed E-state index contributed by atoms with van der Waals surface area (Å²) in [4.78, 5) is 0. The lowest BCUT2D eigenvalue weighted by molar-refractivity contribution is 0.304. The molecule has 0 saturated carbocycles. The molecular weight excluding hydrogens is 246 g/mol. The van der Waals surface area contributed by atoms with Crippen molar-refractivity contribution in [3.63, 3.8) is 0 Å². The molecule has 20 heavy (non-hydrogen) atoms. The van der Waals surface area contributed by atoms with Crippen LogP contribution in [0.15, 0.2) is 60.7 Å². The maximum absolute atomic E-state index is 5.69. The van der Waals surface area contributed by atoms with E-state index in [4.69, 9.17) is 4.74 Å². The van der Waals surface area contributed by atoms with Crippen molar-refractivity contribution >= 4 is 0 Å². The van der Waals surface area contributed by atoms with Gasteiger partial charge >= 0.3 is 0 Å². The Morgan fingerprint density at radius 3 is 2.25 bits per heavy atom. The minimum absolute atomic E-state index is 0.438. The Balaban J connectivity index is 1.67. The Labute approximate surface area is 121 Å². The average molecular weight is 269 g/mol. The summed E-state index contributed by atoms with van der Waals surface area (Å²) in [5.41, 5.74) is 1.36. The first-order valence-electron chi connectivity index (χ1n) is 7.36. The number of hydrogen-bond acceptors (Lipinski definition) is 2. The van der Waals surface area contributed by atoms with Crippen LogP contribution >= 0.6 is 0 Å². The van der Waals surface area contributed by atoms with E-state index < -0.39 is 0 Å². The molecule has 0 aliphatic carbocycles. The fourth-order valence-electron chi connectivity index (χ4n) is 2.24. The Kier molecular flexibility index (Phi) is 6.12. The highest BCUT2D eigenvalue weighted by molar-refractivity contribution is 5.21. The van der Waals surface area contributed by atoms with Gasteiger partial charge in [0.25, 0.3) is 0 Å². The number of nitrogens with one attached hydrogen (secondary N) is 1. The largest absolute Gasteiger partial charge is 0.494 e. The van der Waals surface area contributed by atoms with E-state index in [2.05, 4.69) is 42.6 Å². The average Bonchev–Trinajstić information content (AvgIpc) is 2.53. The lowest BCUT2D eigenvalue weighted by atomic mass is 10.0. The Morgan fingerprint density at radius 2 is 1.60 bits per heavy atom. The minimum Gasteiger partial charge on any atom is -0.494 e. The first-order chi connectivity index (χ1) is 9.90. The van der Waals surface area contributed by atoms with Crippen LogP contribution in [0.1, 0.15) is 31.4 Å². The van der Waals surface area contributed by atoms with Gasteiger partial charge < -0.3 is 10.1 Å². The molecule has 1 N–H and O–H groups in total. The van der Waals surface area contributed by atoms with Crippen molar-refractivity contribution in [3.8, 4) is 5.75 Å². The summed E-state index contributed by atoms with van der Waals surface area (Å²) >= 11 is 0. The van der Waals surface area contributed by atoms with Crippen LogP contribution in [-0.4, -0.2) is 13.2 Å². The molecule has 1 atom stereocenters. The third kappa shape index (κ3) is 4.71. The molecule has 106 valence electrons. The van der Waals surface area contributed by atoms with Crippen LogP contribution in [0.4, 0.5) is 0 Å². The maximum atomic E-state index is 5.69. The van der Waals surface area contributed by atoms with Crippen molar-refractivity contribution in [3.05, 3.63) is 66.2 Å². The van der Waals surface area contributed by atoms with Gasteiger partial charge in [-0.3, -0.25) is 0 Å². The molecule has 2 heteroatoms. The molecule has 0 fully saturated rings. The first kappa shape index (κ1) is 14.6. The van der Waals surface area contributed by atoms with Gasteiger partial charge in [0, 0.05) is 6.04 Å². The lowest BCUT2D eigenvalue weighted by Crippen LogP contribution is -2.23. The van der Waals surface area contributed by atoms with Gasteiger partial charge in [-0.05, 0) is 37.1 Å². The highest BCUT2D eigenvalue weighted by atomic mass is 16.5. The van der Waals surface area contributed by atoms with Gasteiger partial charge in [-0.1, -0.05) is 55.5 Å². The second-order valence-corrected chi connectivity index (χ2v) is 4.84. The van der Waals surface area contributed by atoms with Gasteiger partial charge in [0.15, 0.2) is 0 Å². The summed E-state index contributed by atoms with van der Waals surface area (Å²) in [5.74, 6) is 0.947. The zero-order chi connectivity index (χ0) is 14.0. The third-order valence-corrected chi connectivity index (χ3v) is 3.33. The van der Waals surface area contributed by atoms with Gasteiger partial charge in [0.1, 0.15) is 5.75 Å². The van der Waals surface area contributed by atoms with E-state index in [0.717, 1.165) is 31.7 Å². The molecule has 2 nitrogen and oxygen atoms in total. The number of ether oxygens (including phenoxy) is 1. The van der Waals surface area contributed by atoms with E-state index in [-0.39, 0.29) is 0 Å². The highest BCUT2D eigenvalue weighted by Gasteiger charge is 2.06. The van der Waals surface area contributed by atoms with E-state index in [0.29, 0.717) is 6.04 Å². The summed E-state index contributed by atoms with van der Waals surface area (Å²) in [6.45, 7) is 3.94. The molecule has 0 aromatic heterocycles. The molecule has 0 spiro atoms. The van der Waals surface area contributed by atoms with Crippen LogP contribution in [0.5, 0.6) is 5.75 Å². The van der Waals surface area contributed by atoms with Crippen molar-refractivity contribution in [1.82, 2.24) is 5.32 Å². The first-order valence-corrected chi connectivity index (χ1v) is 7.36. The highest BCUT2D eigenvalue weighted by Crippen LogP contribution is 2.15. The van der Waals surface area contributed by atoms with Crippen molar-refractivity contribution in [2.24, 2.45) is 0 Å². The van der Waals surface area contributed by atoms with Crippen molar-refractivity contribution < 1.29 is 4.74 Å². The van der Waals surface area contributed by atoms with Crippen LogP contribution in [-0.2, 0) is 0 Å². The molecule has 0 aliphatic heterocycles. The normalized spacial score (nSPS) is 12.1. The predicted octanol–water partition coefficient (Wildman–Crippen LogP) is 4.20.